The highest BCUT2D eigenvalue weighted by molar-refractivity contribution is 4.80. The number of ether oxygens (including phenoxy) is 1. The standard InChI is InChI=1S/C12H27NO/c1-7-8-13-11(12(4,5)6)9-14-10(2)3/h10-11,13H,7-9H2,1-6H3. The summed E-state index contributed by atoms with van der Waals surface area (Å²) in [6, 6.07) is 0.449. The molecule has 86 valence electrons. The van der Waals surface area contributed by atoms with Crippen molar-refractivity contribution < 1.29 is 4.74 Å². The van der Waals surface area contributed by atoms with Gasteiger partial charge in [0, 0.05) is 6.04 Å². The molecule has 0 saturated heterocycles. The molecule has 0 radical (unpaired) electrons. The van der Waals surface area contributed by atoms with Crippen LogP contribution in [-0.4, -0.2) is 25.3 Å². The summed E-state index contributed by atoms with van der Waals surface area (Å²) < 4.78 is 5.67. The highest BCUT2D eigenvalue weighted by atomic mass is 16.5. The zero-order chi connectivity index (χ0) is 11.2. The SMILES string of the molecule is CCCNC(COC(C)C)C(C)(C)C. The van der Waals surface area contributed by atoms with E-state index in [2.05, 4.69) is 46.9 Å². The first-order valence-electron chi connectivity index (χ1n) is 5.73. The van der Waals surface area contributed by atoms with E-state index in [4.69, 9.17) is 4.74 Å². The molecule has 14 heavy (non-hydrogen) atoms. The van der Waals surface area contributed by atoms with Crippen LogP contribution in [0.5, 0.6) is 0 Å². The van der Waals surface area contributed by atoms with Crippen molar-refractivity contribution in [2.45, 2.75) is 60.1 Å². The van der Waals surface area contributed by atoms with E-state index in [1.807, 2.05) is 0 Å². The van der Waals surface area contributed by atoms with Crippen LogP contribution in [0.4, 0.5) is 0 Å². The fraction of sp³-hybridized carbons (Fsp3) is 1.00. The van der Waals surface area contributed by atoms with E-state index in [0.29, 0.717) is 12.1 Å². The van der Waals surface area contributed by atoms with E-state index in [9.17, 15) is 0 Å². The lowest BCUT2D eigenvalue weighted by molar-refractivity contribution is 0.0360. The lowest BCUT2D eigenvalue weighted by Gasteiger charge is -2.32. The van der Waals surface area contributed by atoms with E-state index in [-0.39, 0.29) is 5.41 Å². The largest absolute Gasteiger partial charge is 0.377 e. The zero-order valence-electron chi connectivity index (χ0n) is 10.7. The average Bonchev–Trinajstić information content (AvgIpc) is 2.01. The summed E-state index contributed by atoms with van der Waals surface area (Å²) in [5.74, 6) is 0. The topological polar surface area (TPSA) is 21.3 Å². The molecule has 2 nitrogen and oxygen atoms in total. The Kier molecular flexibility index (Phi) is 6.38. The average molecular weight is 201 g/mol. The first-order valence-corrected chi connectivity index (χ1v) is 5.73. The van der Waals surface area contributed by atoms with Crippen molar-refractivity contribution in [3.63, 3.8) is 0 Å². The Morgan fingerprint density at radius 3 is 2.14 bits per heavy atom. The second kappa shape index (κ2) is 6.41. The first kappa shape index (κ1) is 13.9. The Balaban J connectivity index is 3.98. The summed E-state index contributed by atoms with van der Waals surface area (Å²) in [7, 11) is 0. The zero-order valence-corrected chi connectivity index (χ0v) is 10.7. The quantitative estimate of drug-likeness (QED) is 0.713. The number of hydrogen-bond acceptors (Lipinski definition) is 2. The minimum atomic E-state index is 0.268. The van der Waals surface area contributed by atoms with Gasteiger partial charge >= 0.3 is 0 Å². The number of rotatable bonds is 6. The normalized spacial score (nSPS) is 14.8. The third-order valence-electron chi connectivity index (χ3n) is 2.28. The maximum Gasteiger partial charge on any atom is 0.0628 e. The third kappa shape index (κ3) is 6.39. The smallest absolute Gasteiger partial charge is 0.0628 e. The second-order valence-corrected chi connectivity index (χ2v) is 5.25. The molecule has 2 heteroatoms. The fourth-order valence-corrected chi connectivity index (χ4v) is 1.22. The summed E-state index contributed by atoms with van der Waals surface area (Å²) in [6.45, 7) is 15.0. The molecule has 0 bridgehead atoms. The highest BCUT2D eigenvalue weighted by Gasteiger charge is 2.24. The van der Waals surface area contributed by atoms with Crippen LogP contribution in [0.3, 0.4) is 0 Å². The van der Waals surface area contributed by atoms with Gasteiger partial charge in [-0.2, -0.15) is 0 Å². The van der Waals surface area contributed by atoms with Crippen molar-refractivity contribution in [1.82, 2.24) is 5.32 Å². The second-order valence-electron chi connectivity index (χ2n) is 5.25. The van der Waals surface area contributed by atoms with Crippen molar-refractivity contribution in [3.8, 4) is 0 Å². The maximum atomic E-state index is 5.67. The first-order chi connectivity index (χ1) is 6.38. The third-order valence-corrected chi connectivity index (χ3v) is 2.28. The molecule has 0 rings (SSSR count). The van der Waals surface area contributed by atoms with Crippen molar-refractivity contribution in [2.75, 3.05) is 13.2 Å². The van der Waals surface area contributed by atoms with Crippen LogP contribution in [0.25, 0.3) is 0 Å². The monoisotopic (exact) mass is 201 g/mol. The van der Waals surface area contributed by atoms with Gasteiger partial charge < -0.3 is 10.1 Å². The van der Waals surface area contributed by atoms with Gasteiger partial charge in [0.15, 0.2) is 0 Å². The van der Waals surface area contributed by atoms with E-state index in [1.54, 1.807) is 0 Å². The van der Waals surface area contributed by atoms with Gasteiger partial charge in [-0.15, -0.1) is 0 Å². The summed E-state index contributed by atoms with van der Waals surface area (Å²) in [6.07, 6.45) is 1.50. The molecule has 0 fully saturated rings. The van der Waals surface area contributed by atoms with Gasteiger partial charge in [-0.3, -0.25) is 0 Å². The Hall–Kier alpha value is -0.0800. The van der Waals surface area contributed by atoms with Crippen LogP contribution in [0, 0.1) is 5.41 Å². The van der Waals surface area contributed by atoms with Crippen LogP contribution >= 0.6 is 0 Å². The van der Waals surface area contributed by atoms with Crippen LogP contribution < -0.4 is 5.32 Å². The van der Waals surface area contributed by atoms with Gasteiger partial charge in [-0.05, 0) is 32.2 Å². The molecule has 1 unspecified atom stereocenters. The molecule has 0 aliphatic carbocycles. The van der Waals surface area contributed by atoms with Crippen LogP contribution in [0.15, 0.2) is 0 Å². The Morgan fingerprint density at radius 2 is 1.79 bits per heavy atom. The minimum absolute atomic E-state index is 0.268. The predicted octanol–water partition coefficient (Wildman–Crippen LogP) is 2.83. The van der Waals surface area contributed by atoms with Gasteiger partial charge in [0.1, 0.15) is 0 Å². The van der Waals surface area contributed by atoms with Crippen molar-refractivity contribution in [1.29, 1.82) is 0 Å². The summed E-state index contributed by atoms with van der Waals surface area (Å²) in [5.41, 5.74) is 0.268. The van der Waals surface area contributed by atoms with Gasteiger partial charge in [0.2, 0.25) is 0 Å². The molecule has 0 amide bonds. The minimum Gasteiger partial charge on any atom is -0.377 e. The molecule has 1 N–H and O–H groups in total. The van der Waals surface area contributed by atoms with Gasteiger partial charge in [-0.1, -0.05) is 27.7 Å². The molecule has 0 aromatic rings. The molecule has 0 aromatic carbocycles. The molecule has 0 saturated carbocycles. The van der Waals surface area contributed by atoms with Crippen molar-refractivity contribution in [2.24, 2.45) is 5.41 Å². The van der Waals surface area contributed by atoms with Crippen molar-refractivity contribution in [3.05, 3.63) is 0 Å². The van der Waals surface area contributed by atoms with E-state index in [0.717, 1.165) is 13.2 Å². The highest BCUT2D eigenvalue weighted by Crippen LogP contribution is 2.19. The lowest BCUT2D eigenvalue weighted by Crippen LogP contribution is -2.44. The predicted molar refractivity (Wildman–Crippen MR) is 62.6 cm³/mol. The Labute approximate surface area is 89.4 Å². The Morgan fingerprint density at radius 1 is 1.21 bits per heavy atom. The fourth-order valence-electron chi connectivity index (χ4n) is 1.22. The summed E-state index contributed by atoms with van der Waals surface area (Å²) in [4.78, 5) is 0. The number of hydrogen-bond donors (Lipinski definition) is 1. The molecule has 0 spiro atoms. The maximum absolute atomic E-state index is 5.67. The molecule has 0 aromatic heterocycles. The van der Waals surface area contributed by atoms with E-state index < -0.39 is 0 Å². The van der Waals surface area contributed by atoms with Crippen LogP contribution in [0.2, 0.25) is 0 Å². The van der Waals surface area contributed by atoms with Crippen LogP contribution in [0.1, 0.15) is 48.0 Å². The molecule has 1 atom stereocenters. The molecule has 0 aliphatic heterocycles. The molecule has 0 heterocycles. The molecular formula is C12H27NO. The lowest BCUT2D eigenvalue weighted by atomic mass is 9.87. The van der Waals surface area contributed by atoms with Gasteiger partial charge in [0.25, 0.3) is 0 Å². The van der Waals surface area contributed by atoms with Gasteiger partial charge in [0.05, 0.1) is 12.7 Å². The van der Waals surface area contributed by atoms with Crippen molar-refractivity contribution >= 4 is 0 Å². The summed E-state index contributed by atoms with van der Waals surface area (Å²) in [5, 5.41) is 3.54. The van der Waals surface area contributed by atoms with Crippen LogP contribution in [-0.2, 0) is 4.74 Å². The Bertz CT molecular complexity index is 138. The molecular weight excluding hydrogens is 174 g/mol. The molecule has 0 aliphatic rings. The van der Waals surface area contributed by atoms with Gasteiger partial charge in [-0.25, -0.2) is 0 Å². The van der Waals surface area contributed by atoms with E-state index >= 15 is 0 Å². The van der Waals surface area contributed by atoms with E-state index in [1.165, 1.54) is 6.42 Å². The summed E-state index contributed by atoms with van der Waals surface area (Å²) >= 11 is 0. The number of nitrogens with one attached hydrogen (secondary N) is 1.